The molecule has 0 amide bonds. The molecule has 0 saturated carbocycles. The Labute approximate surface area is 122 Å². The summed E-state index contributed by atoms with van der Waals surface area (Å²) in [4.78, 5) is 3.87. The Morgan fingerprint density at radius 3 is 2.33 bits per heavy atom. The highest BCUT2D eigenvalue weighted by atomic mass is 19.4. The Bertz CT molecular complexity index is 418. The summed E-state index contributed by atoms with van der Waals surface area (Å²) < 4.78 is 36.0. The number of hydrogen-bond acceptors (Lipinski definition) is 2. The second kappa shape index (κ2) is 9.10. The van der Waals surface area contributed by atoms with E-state index in [0.29, 0.717) is 12.5 Å². The van der Waals surface area contributed by atoms with Crippen LogP contribution in [0.3, 0.4) is 0 Å². The Hall–Kier alpha value is -1.92. The molecule has 21 heavy (non-hydrogen) atoms. The highest BCUT2D eigenvalue weighted by Gasteiger charge is 2.26. The first-order valence-electron chi connectivity index (χ1n) is 6.81. The summed E-state index contributed by atoms with van der Waals surface area (Å²) in [6, 6.07) is 9.81. The number of para-hydroxylation sites is 1. The van der Waals surface area contributed by atoms with Crippen LogP contribution < -0.4 is 16.0 Å². The van der Waals surface area contributed by atoms with E-state index in [1.807, 2.05) is 30.3 Å². The van der Waals surface area contributed by atoms with Gasteiger partial charge in [-0.1, -0.05) is 18.2 Å². The van der Waals surface area contributed by atoms with Gasteiger partial charge in [0, 0.05) is 32.4 Å². The van der Waals surface area contributed by atoms with Crippen LogP contribution in [-0.2, 0) is 0 Å². The molecule has 0 aliphatic heterocycles. The van der Waals surface area contributed by atoms with Gasteiger partial charge in [0.15, 0.2) is 5.96 Å². The average molecular weight is 302 g/mol. The molecule has 1 aromatic carbocycles. The van der Waals surface area contributed by atoms with Gasteiger partial charge in [0.1, 0.15) is 0 Å². The molecule has 7 heteroatoms. The number of halogens is 3. The Balaban J connectivity index is 2.10. The molecule has 4 nitrogen and oxygen atoms in total. The van der Waals surface area contributed by atoms with Gasteiger partial charge in [-0.05, 0) is 18.6 Å². The molecule has 1 aromatic rings. The molecule has 0 spiro atoms. The van der Waals surface area contributed by atoms with Crippen LogP contribution in [0.1, 0.15) is 12.8 Å². The molecule has 0 heterocycles. The molecule has 1 rings (SSSR count). The number of hydrogen-bond donors (Lipinski definition) is 3. The van der Waals surface area contributed by atoms with Gasteiger partial charge in [0.25, 0.3) is 0 Å². The van der Waals surface area contributed by atoms with E-state index >= 15 is 0 Å². The zero-order chi connectivity index (χ0) is 15.6. The number of nitrogens with one attached hydrogen (secondary N) is 3. The zero-order valence-corrected chi connectivity index (χ0v) is 12.0. The minimum atomic E-state index is -4.15. The Kier molecular flexibility index (Phi) is 7.42. The van der Waals surface area contributed by atoms with Crippen LogP contribution in [-0.4, -0.2) is 38.8 Å². The van der Waals surface area contributed by atoms with Crippen LogP contribution in [0.15, 0.2) is 35.3 Å². The largest absolute Gasteiger partial charge is 0.390 e. The molecule has 0 aromatic heterocycles. The van der Waals surface area contributed by atoms with Crippen molar-refractivity contribution in [1.29, 1.82) is 0 Å². The van der Waals surface area contributed by atoms with Gasteiger partial charge in [-0.15, -0.1) is 0 Å². The Morgan fingerprint density at radius 2 is 1.71 bits per heavy atom. The number of guanidine groups is 1. The molecule has 0 unspecified atom stereocenters. The van der Waals surface area contributed by atoms with E-state index in [1.165, 1.54) is 7.05 Å². The van der Waals surface area contributed by atoms with Crippen molar-refractivity contribution < 1.29 is 13.2 Å². The summed E-state index contributed by atoms with van der Waals surface area (Å²) in [5.41, 5.74) is 1.05. The molecular formula is C14H21F3N4. The molecule has 0 radical (unpaired) electrons. The molecule has 0 saturated heterocycles. The molecule has 0 aliphatic carbocycles. The predicted octanol–water partition coefficient (Wildman–Crippen LogP) is 2.61. The van der Waals surface area contributed by atoms with E-state index in [9.17, 15) is 13.2 Å². The fourth-order valence-electron chi connectivity index (χ4n) is 1.63. The van der Waals surface area contributed by atoms with Crippen LogP contribution in [0.4, 0.5) is 18.9 Å². The van der Waals surface area contributed by atoms with E-state index in [4.69, 9.17) is 0 Å². The van der Waals surface area contributed by atoms with E-state index in [1.54, 1.807) is 0 Å². The van der Waals surface area contributed by atoms with E-state index in [0.717, 1.165) is 18.7 Å². The van der Waals surface area contributed by atoms with Crippen molar-refractivity contribution in [1.82, 2.24) is 10.6 Å². The zero-order valence-electron chi connectivity index (χ0n) is 12.0. The number of benzene rings is 1. The monoisotopic (exact) mass is 302 g/mol. The highest BCUT2D eigenvalue weighted by molar-refractivity contribution is 5.79. The summed E-state index contributed by atoms with van der Waals surface area (Å²) in [5.74, 6) is 0.388. The number of rotatable bonds is 7. The Morgan fingerprint density at radius 1 is 1.05 bits per heavy atom. The molecule has 3 N–H and O–H groups in total. The van der Waals surface area contributed by atoms with Gasteiger partial charge in [0.05, 0.1) is 6.42 Å². The molecule has 118 valence electrons. The summed E-state index contributed by atoms with van der Waals surface area (Å²) in [7, 11) is 1.53. The molecule has 0 fully saturated rings. The number of aliphatic imine (C=N–C) groups is 1. The van der Waals surface area contributed by atoms with Gasteiger partial charge in [-0.2, -0.15) is 13.2 Å². The lowest BCUT2D eigenvalue weighted by atomic mass is 10.3. The van der Waals surface area contributed by atoms with Crippen LogP contribution in [0.5, 0.6) is 0 Å². The number of anilines is 1. The van der Waals surface area contributed by atoms with Crippen molar-refractivity contribution in [3.63, 3.8) is 0 Å². The van der Waals surface area contributed by atoms with Crippen molar-refractivity contribution in [3.8, 4) is 0 Å². The molecule has 0 bridgehead atoms. The number of nitrogens with zero attached hydrogens (tertiary/aromatic N) is 1. The third-order valence-electron chi connectivity index (χ3n) is 2.67. The first kappa shape index (κ1) is 17.1. The van der Waals surface area contributed by atoms with Crippen LogP contribution >= 0.6 is 0 Å². The predicted molar refractivity (Wildman–Crippen MR) is 79.6 cm³/mol. The normalized spacial score (nSPS) is 12.1. The molecule has 0 atom stereocenters. The third kappa shape index (κ3) is 8.78. The maximum atomic E-state index is 12.0. The van der Waals surface area contributed by atoms with Crippen molar-refractivity contribution >= 4 is 11.6 Å². The summed E-state index contributed by atoms with van der Waals surface area (Å²) in [6.07, 6.45) is -4.19. The van der Waals surface area contributed by atoms with E-state index in [2.05, 4.69) is 20.9 Å². The summed E-state index contributed by atoms with van der Waals surface area (Å²) in [6.45, 7) is 1.23. The molecule has 0 aliphatic rings. The lowest BCUT2D eigenvalue weighted by molar-refractivity contribution is -0.132. The fraction of sp³-hybridized carbons (Fsp3) is 0.500. The first-order valence-corrected chi connectivity index (χ1v) is 6.81. The van der Waals surface area contributed by atoms with Gasteiger partial charge < -0.3 is 16.0 Å². The van der Waals surface area contributed by atoms with Crippen LogP contribution in [0.2, 0.25) is 0 Å². The van der Waals surface area contributed by atoms with Gasteiger partial charge in [0.2, 0.25) is 0 Å². The second-order valence-corrected chi connectivity index (χ2v) is 4.44. The van der Waals surface area contributed by atoms with Crippen molar-refractivity contribution in [2.45, 2.75) is 19.0 Å². The van der Waals surface area contributed by atoms with Crippen molar-refractivity contribution in [2.24, 2.45) is 4.99 Å². The topological polar surface area (TPSA) is 48.5 Å². The van der Waals surface area contributed by atoms with Gasteiger partial charge in [-0.25, -0.2) is 0 Å². The minimum Gasteiger partial charge on any atom is -0.385 e. The SMILES string of the molecule is CN=C(NCCCNc1ccccc1)NCCC(F)(F)F. The lowest BCUT2D eigenvalue weighted by Gasteiger charge is -2.13. The fourth-order valence-corrected chi connectivity index (χ4v) is 1.63. The maximum absolute atomic E-state index is 12.0. The third-order valence-corrected chi connectivity index (χ3v) is 2.67. The van der Waals surface area contributed by atoms with Crippen LogP contribution in [0, 0.1) is 0 Å². The van der Waals surface area contributed by atoms with E-state index in [-0.39, 0.29) is 6.54 Å². The van der Waals surface area contributed by atoms with Crippen molar-refractivity contribution in [2.75, 3.05) is 32.0 Å². The van der Waals surface area contributed by atoms with Crippen LogP contribution in [0.25, 0.3) is 0 Å². The van der Waals surface area contributed by atoms with Crippen molar-refractivity contribution in [3.05, 3.63) is 30.3 Å². The van der Waals surface area contributed by atoms with Gasteiger partial charge in [-0.3, -0.25) is 4.99 Å². The summed E-state index contributed by atoms with van der Waals surface area (Å²) >= 11 is 0. The van der Waals surface area contributed by atoms with Gasteiger partial charge >= 0.3 is 6.18 Å². The highest BCUT2D eigenvalue weighted by Crippen LogP contribution is 2.17. The average Bonchev–Trinajstić information content (AvgIpc) is 2.45. The first-order chi connectivity index (χ1) is 10.0. The minimum absolute atomic E-state index is 0.175. The summed E-state index contributed by atoms with van der Waals surface area (Å²) in [5, 5.41) is 8.86. The quantitative estimate of drug-likeness (QED) is 0.412. The van der Waals surface area contributed by atoms with E-state index < -0.39 is 12.6 Å². The standard InChI is InChI=1S/C14H21F3N4/c1-18-13(21-11-8-14(15,16)17)20-10-5-9-19-12-6-3-2-4-7-12/h2-4,6-7,19H,5,8-11H2,1H3,(H2,18,20,21). The smallest absolute Gasteiger partial charge is 0.385 e. The maximum Gasteiger partial charge on any atom is 0.390 e. The second-order valence-electron chi connectivity index (χ2n) is 4.44. The lowest BCUT2D eigenvalue weighted by Crippen LogP contribution is -2.39. The number of alkyl halides is 3. The molecular weight excluding hydrogens is 281 g/mol.